The first-order chi connectivity index (χ1) is 6.50. The second kappa shape index (κ2) is 4.55. The highest BCUT2D eigenvalue weighted by Gasteiger charge is 2.10. The van der Waals surface area contributed by atoms with E-state index in [-0.39, 0.29) is 0 Å². The Kier molecular flexibility index (Phi) is 3.63. The molecule has 2 N–H and O–H groups in total. The standard InChI is InChI=1S/C10H14FNOS/c1-7(2)6-14(13)10-5-8(11)3-4-9(10)12/h3-5,7H,6,12H2,1-2H3. The number of hydrogen-bond acceptors (Lipinski definition) is 2. The number of nitrogens with two attached hydrogens (primary N) is 1. The van der Waals surface area contributed by atoms with Crippen molar-refractivity contribution in [2.45, 2.75) is 18.7 Å². The minimum absolute atomic E-state index is 0.304. The molecular formula is C10H14FNOS. The maximum Gasteiger partial charge on any atom is 0.124 e. The van der Waals surface area contributed by atoms with Crippen molar-refractivity contribution < 1.29 is 8.60 Å². The average molecular weight is 215 g/mol. The Hall–Kier alpha value is -0.900. The molecule has 1 atom stereocenters. The number of rotatable bonds is 3. The minimum Gasteiger partial charge on any atom is -0.398 e. The van der Waals surface area contributed by atoms with Crippen molar-refractivity contribution in [1.82, 2.24) is 0 Å². The third-order valence-corrected chi connectivity index (χ3v) is 3.52. The molecule has 0 amide bonds. The maximum absolute atomic E-state index is 12.9. The number of benzene rings is 1. The summed E-state index contributed by atoms with van der Waals surface area (Å²) in [6.45, 7) is 3.93. The molecule has 78 valence electrons. The quantitative estimate of drug-likeness (QED) is 0.785. The van der Waals surface area contributed by atoms with Gasteiger partial charge >= 0.3 is 0 Å². The van der Waals surface area contributed by atoms with Gasteiger partial charge in [0.15, 0.2) is 0 Å². The first-order valence-electron chi connectivity index (χ1n) is 4.44. The molecule has 4 heteroatoms. The topological polar surface area (TPSA) is 43.1 Å². The molecule has 0 saturated carbocycles. The summed E-state index contributed by atoms with van der Waals surface area (Å²) >= 11 is 0. The predicted octanol–water partition coefficient (Wildman–Crippen LogP) is 2.17. The van der Waals surface area contributed by atoms with E-state index in [1.54, 1.807) is 0 Å². The highest BCUT2D eigenvalue weighted by Crippen LogP contribution is 2.19. The molecule has 1 aromatic carbocycles. The highest BCUT2D eigenvalue weighted by atomic mass is 32.2. The van der Waals surface area contributed by atoms with Gasteiger partial charge in [-0.1, -0.05) is 13.8 Å². The molecule has 0 fully saturated rings. The van der Waals surface area contributed by atoms with Gasteiger partial charge in [-0.3, -0.25) is 4.21 Å². The third-order valence-electron chi connectivity index (χ3n) is 1.71. The Morgan fingerprint density at radius 3 is 2.71 bits per heavy atom. The largest absolute Gasteiger partial charge is 0.398 e. The average Bonchev–Trinajstić information content (AvgIpc) is 2.08. The van der Waals surface area contributed by atoms with Crippen LogP contribution in [0.5, 0.6) is 0 Å². The predicted molar refractivity (Wildman–Crippen MR) is 56.9 cm³/mol. The van der Waals surface area contributed by atoms with Gasteiger partial charge in [0.2, 0.25) is 0 Å². The molecule has 0 aliphatic rings. The van der Waals surface area contributed by atoms with Gasteiger partial charge < -0.3 is 5.73 Å². The summed E-state index contributed by atoms with van der Waals surface area (Å²) in [5.41, 5.74) is 6.00. The van der Waals surface area contributed by atoms with Gasteiger partial charge in [0.1, 0.15) is 5.82 Å². The summed E-state index contributed by atoms with van der Waals surface area (Å²) in [5.74, 6) is 0.415. The second-order valence-electron chi connectivity index (χ2n) is 3.59. The highest BCUT2D eigenvalue weighted by molar-refractivity contribution is 7.85. The Morgan fingerprint density at radius 2 is 2.14 bits per heavy atom. The Balaban J connectivity index is 2.94. The molecule has 0 aromatic heterocycles. The lowest BCUT2D eigenvalue weighted by Gasteiger charge is -2.07. The van der Waals surface area contributed by atoms with Crippen molar-refractivity contribution in [2.24, 2.45) is 5.92 Å². The molecule has 0 radical (unpaired) electrons. The monoisotopic (exact) mass is 215 g/mol. The fourth-order valence-corrected chi connectivity index (χ4v) is 2.46. The van der Waals surface area contributed by atoms with Gasteiger partial charge in [0, 0.05) is 11.4 Å². The lowest BCUT2D eigenvalue weighted by molar-refractivity contribution is 0.622. The van der Waals surface area contributed by atoms with Crippen molar-refractivity contribution in [2.75, 3.05) is 11.5 Å². The van der Waals surface area contributed by atoms with E-state index in [1.807, 2.05) is 13.8 Å². The molecule has 1 rings (SSSR count). The maximum atomic E-state index is 12.9. The molecule has 2 nitrogen and oxygen atoms in total. The van der Waals surface area contributed by atoms with E-state index in [1.165, 1.54) is 18.2 Å². The molecule has 14 heavy (non-hydrogen) atoms. The van der Waals surface area contributed by atoms with Gasteiger partial charge in [0.25, 0.3) is 0 Å². The van der Waals surface area contributed by atoms with Crippen molar-refractivity contribution in [3.8, 4) is 0 Å². The Bertz CT molecular complexity index is 352. The zero-order valence-corrected chi connectivity index (χ0v) is 9.10. The Labute approximate surface area is 85.8 Å². The fraction of sp³-hybridized carbons (Fsp3) is 0.400. The minimum atomic E-state index is -1.20. The van der Waals surface area contributed by atoms with Crippen LogP contribution >= 0.6 is 0 Å². The molecule has 0 aliphatic heterocycles. The van der Waals surface area contributed by atoms with Crippen LogP contribution in [0.1, 0.15) is 13.8 Å². The van der Waals surface area contributed by atoms with Crippen molar-refractivity contribution in [1.29, 1.82) is 0 Å². The number of anilines is 1. The lowest BCUT2D eigenvalue weighted by Crippen LogP contribution is -2.07. The van der Waals surface area contributed by atoms with Gasteiger partial charge in [-0.2, -0.15) is 0 Å². The van der Waals surface area contributed by atoms with E-state index < -0.39 is 16.6 Å². The van der Waals surface area contributed by atoms with Crippen LogP contribution in [0.15, 0.2) is 23.1 Å². The van der Waals surface area contributed by atoms with Crippen LogP contribution in [0.25, 0.3) is 0 Å². The van der Waals surface area contributed by atoms with E-state index in [9.17, 15) is 8.60 Å². The zero-order valence-electron chi connectivity index (χ0n) is 8.29. The summed E-state index contributed by atoms with van der Waals surface area (Å²) in [6.07, 6.45) is 0. The van der Waals surface area contributed by atoms with Gasteiger partial charge in [-0.25, -0.2) is 4.39 Å². The van der Waals surface area contributed by atoms with E-state index in [2.05, 4.69) is 0 Å². The Morgan fingerprint density at radius 1 is 1.50 bits per heavy atom. The van der Waals surface area contributed by atoms with E-state index >= 15 is 0 Å². The summed E-state index contributed by atoms with van der Waals surface area (Å²) in [5, 5.41) is 0. The molecule has 0 aliphatic carbocycles. The van der Waals surface area contributed by atoms with Crippen LogP contribution in [0, 0.1) is 11.7 Å². The third kappa shape index (κ3) is 2.80. The summed E-state index contributed by atoms with van der Waals surface area (Å²) in [7, 11) is -1.20. The lowest BCUT2D eigenvalue weighted by atomic mass is 10.3. The number of hydrogen-bond donors (Lipinski definition) is 1. The summed E-state index contributed by atoms with van der Waals surface area (Å²) < 4.78 is 24.5. The SMILES string of the molecule is CC(C)CS(=O)c1cc(F)ccc1N. The van der Waals surface area contributed by atoms with Crippen molar-refractivity contribution in [3.05, 3.63) is 24.0 Å². The molecule has 0 spiro atoms. The van der Waals surface area contributed by atoms with E-state index in [0.29, 0.717) is 22.3 Å². The number of halogens is 1. The van der Waals surface area contributed by atoms with Crippen LogP contribution in [-0.4, -0.2) is 9.96 Å². The van der Waals surface area contributed by atoms with Gasteiger partial charge in [-0.15, -0.1) is 0 Å². The zero-order chi connectivity index (χ0) is 10.7. The fourth-order valence-electron chi connectivity index (χ4n) is 1.10. The van der Waals surface area contributed by atoms with Crippen LogP contribution in [0.4, 0.5) is 10.1 Å². The first kappa shape index (κ1) is 11.2. The van der Waals surface area contributed by atoms with Crippen LogP contribution < -0.4 is 5.73 Å². The molecular weight excluding hydrogens is 201 g/mol. The molecule has 0 saturated heterocycles. The summed E-state index contributed by atoms with van der Waals surface area (Å²) in [4.78, 5) is 0.402. The van der Waals surface area contributed by atoms with Gasteiger partial charge in [0.05, 0.1) is 15.7 Å². The molecule has 0 heterocycles. The van der Waals surface area contributed by atoms with Gasteiger partial charge in [-0.05, 0) is 24.1 Å². The normalized spacial score (nSPS) is 13.1. The second-order valence-corrected chi connectivity index (χ2v) is 5.05. The van der Waals surface area contributed by atoms with Crippen LogP contribution in [0.3, 0.4) is 0 Å². The van der Waals surface area contributed by atoms with E-state index in [0.717, 1.165) is 0 Å². The van der Waals surface area contributed by atoms with E-state index in [4.69, 9.17) is 5.73 Å². The molecule has 0 bridgehead atoms. The van der Waals surface area contributed by atoms with Crippen LogP contribution in [0.2, 0.25) is 0 Å². The van der Waals surface area contributed by atoms with Crippen molar-refractivity contribution >= 4 is 16.5 Å². The summed E-state index contributed by atoms with van der Waals surface area (Å²) in [6, 6.07) is 3.96. The first-order valence-corrected chi connectivity index (χ1v) is 5.76. The number of nitrogen functional groups attached to an aromatic ring is 1. The van der Waals surface area contributed by atoms with Crippen molar-refractivity contribution in [3.63, 3.8) is 0 Å². The molecule has 1 unspecified atom stereocenters. The molecule has 1 aromatic rings. The smallest absolute Gasteiger partial charge is 0.124 e. The van der Waals surface area contributed by atoms with Crippen LogP contribution in [-0.2, 0) is 10.8 Å².